The van der Waals surface area contributed by atoms with E-state index in [1.807, 2.05) is 6.07 Å². The number of allylic oxidation sites excluding steroid dienone is 1. The molecule has 0 saturated carbocycles. The van der Waals surface area contributed by atoms with Gasteiger partial charge in [0, 0.05) is 11.1 Å². The number of hydrogen-bond donors (Lipinski definition) is 1. The summed E-state index contributed by atoms with van der Waals surface area (Å²) in [6.45, 7) is 3.80. The highest BCUT2D eigenvalue weighted by Crippen LogP contribution is 2.35. The molecule has 1 aliphatic rings. The van der Waals surface area contributed by atoms with Crippen LogP contribution in [-0.2, 0) is 22.6 Å². The third-order valence-electron chi connectivity index (χ3n) is 5.28. The van der Waals surface area contributed by atoms with E-state index in [-0.39, 0.29) is 18.0 Å². The predicted molar refractivity (Wildman–Crippen MR) is 128 cm³/mol. The molecule has 0 unspecified atom stereocenters. The first-order valence-corrected chi connectivity index (χ1v) is 10.6. The molecule has 1 saturated heterocycles. The summed E-state index contributed by atoms with van der Waals surface area (Å²) in [6, 6.07) is 18.7. The highest BCUT2D eigenvalue weighted by molar-refractivity contribution is 6.31. The molecule has 0 bridgehead atoms. The number of rotatable bonds is 8. The second kappa shape index (κ2) is 10.0. The van der Waals surface area contributed by atoms with Gasteiger partial charge in [-0.05, 0) is 48.4 Å². The molecular formula is C27H23FN2O4. The molecule has 34 heavy (non-hydrogen) atoms. The molecule has 3 aromatic carbocycles. The van der Waals surface area contributed by atoms with Gasteiger partial charge in [-0.2, -0.15) is 0 Å². The third kappa shape index (κ3) is 4.68. The van der Waals surface area contributed by atoms with Crippen LogP contribution >= 0.6 is 0 Å². The molecule has 6 nitrogen and oxygen atoms in total. The number of nitrogens with zero attached hydrogens (tertiary/aromatic N) is 1. The van der Waals surface area contributed by atoms with Crippen molar-refractivity contribution in [3.63, 3.8) is 0 Å². The molecule has 3 aromatic rings. The van der Waals surface area contributed by atoms with E-state index in [9.17, 15) is 14.0 Å². The second-order valence-corrected chi connectivity index (χ2v) is 7.56. The fraction of sp³-hybridized carbons (Fsp3) is 0.111. The van der Waals surface area contributed by atoms with E-state index >= 15 is 0 Å². The molecule has 0 aliphatic carbocycles. The second-order valence-electron chi connectivity index (χ2n) is 7.56. The Kier molecular flexibility index (Phi) is 6.73. The molecule has 0 radical (unpaired) electrons. The molecule has 0 spiro atoms. The molecule has 1 N–H and O–H groups in total. The van der Waals surface area contributed by atoms with Crippen LogP contribution in [0.25, 0.3) is 6.08 Å². The van der Waals surface area contributed by atoms with Crippen LogP contribution in [0.2, 0.25) is 0 Å². The van der Waals surface area contributed by atoms with Crippen LogP contribution in [0.4, 0.5) is 10.1 Å². The first-order chi connectivity index (χ1) is 16.5. The first-order valence-electron chi connectivity index (χ1n) is 10.6. The van der Waals surface area contributed by atoms with Gasteiger partial charge in [0.15, 0.2) is 11.5 Å². The van der Waals surface area contributed by atoms with Crippen molar-refractivity contribution >= 4 is 23.6 Å². The maximum Gasteiger partial charge on any atom is 0.282 e. The zero-order valence-corrected chi connectivity index (χ0v) is 18.6. The summed E-state index contributed by atoms with van der Waals surface area (Å²) < 4.78 is 25.5. The number of carbonyl (C=O) groups is 2. The molecule has 0 aromatic heterocycles. The normalized spacial score (nSPS) is 14.3. The van der Waals surface area contributed by atoms with Gasteiger partial charge in [-0.25, -0.2) is 9.40 Å². The van der Waals surface area contributed by atoms with E-state index < -0.39 is 11.8 Å². The van der Waals surface area contributed by atoms with Crippen LogP contribution < -0.4 is 19.9 Å². The molecular weight excluding hydrogens is 435 g/mol. The summed E-state index contributed by atoms with van der Waals surface area (Å²) in [5, 5.41) is 1.21. The van der Waals surface area contributed by atoms with Crippen LogP contribution in [0.15, 0.2) is 85.0 Å². The van der Waals surface area contributed by atoms with E-state index in [1.54, 1.807) is 60.7 Å². The van der Waals surface area contributed by atoms with Gasteiger partial charge in [0.2, 0.25) is 0 Å². The van der Waals surface area contributed by atoms with Crippen molar-refractivity contribution in [3.05, 3.63) is 107 Å². The molecule has 7 heteroatoms. The van der Waals surface area contributed by atoms with Gasteiger partial charge in [0.05, 0.1) is 12.8 Å². The average molecular weight is 458 g/mol. The van der Waals surface area contributed by atoms with Crippen molar-refractivity contribution in [2.45, 2.75) is 13.0 Å². The zero-order valence-electron chi connectivity index (χ0n) is 18.6. The zero-order chi connectivity index (χ0) is 24.1. The van der Waals surface area contributed by atoms with Crippen molar-refractivity contribution in [3.8, 4) is 11.5 Å². The number of methoxy groups -OCH3 is 1. The molecule has 0 atom stereocenters. The van der Waals surface area contributed by atoms with Gasteiger partial charge in [-0.3, -0.25) is 15.0 Å². The van der Waals surface area contributed by atoms with Crippen LogP contribution in [0.5, 0.6) is 11.5 Å². The predicted octanol–water partition coefficient (Wildman–Crippen LogP) is 4.60. The van der Waals surface area contributed by atoms with Crippen LogP contribution in [0, 0.1) is 5.82 Å². The Morgan fingerprint density at radius 2 is 1.76 bits per heavy atom. The lowest BCUT2D eigenvalue weighted by molar-refractivity contribution is -0.117. The number of benzene rings is 3. The Bertz CT molecular complexity index is 1270. The maximum atomic E-state index is 14.0. The number of ether oxygens (including phenoxy) is 2. The number of carbonyl (C=O) groups excluding carboxylic acids is 2. The topological polar surface area (TPSA) is 67.9 Å². The Morgan fingerprint density at radius 3 is 2.47 bits per heavy atom. The highest BCUT2D eigenvalue weighted by atomic mass is 19.1. The number of hydrogen-bond acceptors (Lipinski definition) is 4. The van der Waals surface area contributed by atoms with Gasteiger partial charge in [-0.15, -0.1) is 6.58 Å². The van der Waals surface area contributed by atoms with Crippen LogP contribution in [0.3, 0.4) is 0 Å². The highest BCUT2D eigenvalue weighted by Gasteiger charge is 2.34. The number of nitrogens with one attached hydrogen (secondary N) is 1. The summed E-state index contributed by atoms with van der Waals surface area (Å²) in [5.41, 5.74) is 4.86. The van der Waals surface area contributed by atoms with Crippen molar-refractivity contribution in [1.82, 2.24) is 5.43 Å². The Morgan fingerprint density at radius 1 is 1.03 bits per heavy atom. The summed E-state index contributed by atoms with van der Waals surface area (Å²) >= 11 is 0. The Labute approximate surface area is 196 Å². The van der Waals surface area contributed by atoms with E-state index in [0.29, 0.717) is 34.7 Å². The van der Waals surface area contributed by atoms with Crippen molar-refractivity contribution in [2.75, 3.05) is 12.1 Å². The standard InChI is InChI=1S/C27H23FN2O4/c1-3-9-19-14-18(15-22-26(31)29-30(27(22)32)21-11-5-4-6-12-21)16-24(33-2)25(19)34-17-20-10-7-8-13-23(20)28/h3-8,10-16H,1,9,17H2,2H3,(H,29,31). The average Bonchev–Trinajstić information content (AvgIpc) is 3.13. The lowest BCUT2D eigenvalue weighted by Crippen LogP contribution is -2.35. The molecule has 1 fully saturated rings. The molecule has 2 amide bonds. The maximum absolute atomic E-state index is 14.0. The number of para-hydroxylation sites is 1. The number of amides is 2. The fourth-order valence-electron chi connectivity index (χ4n) is 3.64. The molecule has 172 valence electrons. The monoisotopic (exact) mass is 458 g/mol. The number of halogens is 1. The van der Waals surface area contributed by atoms with E-state index in [2.05, 4.69) is 12.0 Å². The van der Waals surface area contributed by atoms with E-state index in [4.69, 9.17) is 9.47 Å². The van der Waals surface area contributed by atoms with Gasteiger partial charge in [0.25, 0.3) is 11.8 Å². The van der Waals surface area contributed by atoms with Crippen molar-refractivity contribution in [2.24, 2.45) is 0 Å². The first kappa shape index (κ1) is 22.8. The molecule has 1 heterocycles. The van der Waals surface area contributed by atoms with Gasteiger partial charge >= 0.3 is 0 Å². The van der Waals surface area contributed by atoms with E-state index in [1.165, 1.54) is 24.3 Å². The molecule has 1 aliphatic heterocycles. The smallest absolute Gasteiger partial charge is 0.282 e. The lowest BCUT2D eigenvalue weighted by Gasteiger charge is -2.16. The fourth-order valence-corrected chi connectivity index (χ4v) is 3.64. The lowest BCUT2D eigenvalue weighted by atomic mass is 10.0. The summed E-state index contributed by atoms with van der Waals surface area (Å²) in [4.78, 5) is 25.5. The minimum absolute atomic E-state index is 0.00418. The van der Waals surface area contributed by atoms with Crippen molar-refractivity contribution < 1.29 is 23.5 Å². The van der Waals surface area contributed by atoms with Crippen LogP contribution in [-0.4, -0.2) is 18.9 Å². The minimum atomic E-state index is -0.502. The Hall–Kier alpha value is -4.39. The quantitative estimate of drug-likeness (QED) is 0.304. The van der Waals surface area contributed by atoms with Gasteiger partial charge in [0.1, 0.15) is 18.0 Å². The van der Waals surface area contributed by atoms with Crippen LogP contribution in [0.1, 0.15) is 16.7 Å². The Balaban J connectivity index is 1.66. The largest absolute Gasteiger partial charge is 0.493 e. The number of anilines is 1. The minimum Gasteiger partial charge on any atom is -0.493 e. The van der Waals surface area contributed by atoms with E-state index in [0.717, 1.165) is 5.56 Å². The summed E-state index contributed by atoms with van der Waals surface area (Å²) in [7, 11) is 1.49. The third-order valence-corrected chi connectivity index (χ3v) is 5.28. The molecule has 4 rings (SSSR count). The number of hydrazine groups is 1. The van der Waals surface area contributed by atoms with Gasteiger partial charge in [-0.1, -0.05) is 42.5 Å². The SMILES string of the molecule is C=CCc1cc(C=C2C(=O)NN(c3ccccc3)C2=O)cc(OC)c1OCc1ccccc1F. The van der Waals surface area contributed by atoms with Crippen molar-refractivity contribution in [1.29, 1.82) is 0 Å². The summed E-state index contributed by atoms with van der Waals surface area (Å²) in [6.07, 6.45) is 3.65. The van der Waals surface area contributed by atoms with Gasteiger partial charge < -0.3 is 9.47 Å². The summed E-state index contributed by atoms with van der Waals surface area (Å²) in [5.74, 6) is -0.477.